The van der Waals surface area contributed by atoms with Gasteiger partial charge in [0.25, 0.3) is 5.91 Å². The number of hydrogen-bond donors (Lipinski definition) is 1. The third-order valence-corrected chi connectivity index (χ3v) is 4.12. The molecule has 0 spiro atoms. The van der Waals surface area contributed by atoms with Crippen LogP contribution in [-0.2, 0) is 4.79 Å². The Balaban J connectivity index is 1.59. The molecular weight excluding hydrogens is 294 g/mol. The summed E-state index contributed by atoms with van der Waals surface area (Å²) in [6.07, 6.45) is 0. The first-order valence-electron chi connectivity index (χ1n) is 7.55. The van der Waals surface area contributed by atoms with Gasteiger partial charge in [-0.1, -0.05) is 23.4 Å². The van der Waals surface area contributed by atoms with Gasteiger partial charge in [-0.15, -0.1) is 0 Å². The van der Waals surface area contributed by atoms with E-state index >= 15 is 0 Å². The molecule has 120 valence electrons. The number of carbonyl (C=O) groups excluding carboxylic acids is 2. The summed E-state index contributed by atoms with van der Waals surface area (Å²) in [5.41, 5.74) is 3.21. The highest BCUT2D eigenvalue weighted by Crippen LogP contribution is 2.24. The number of likely N-dealkylation sites (tertiary alicyclic amines) is 1. The highest BCUT2D eigenvalue weighted by Gasteiger charge is 2.37. The maximum absolute atomic E-state index is 12.3. The van der Waals surface area contributed by atoms with Gasteiger partial charge in [0, 0.05) is 24.8 Å². The number of rotatable bonds is 3. The van der Waals surface area contributed by atoms with Gasteiger partial charge in [0.1, 0.15) is 5.76 Å². The van der Waals surface area contributed by atoms with Gasteiger partial charge in [-0.3, -0.25) is 9.59 Å². The zero-order valence-electron chi connectivity index (χ0n) is 13.4. The van der Waals surface area contributed by atoms with E-state index in [9.17, 15) is 9.59 Å². The Morgan fingerprint density at radius 1 is 1.22 bits per heavy atom. The number of para-hydroxylation sites is 1. The van der Waals surface area contributed by atoms with Crippen LogP contribution in [0.1, 0.15) is 27.4 Å². The Morgan fingerprint density at radius 3 is 2.43 bits per heavy atom. The van der Waals surface area contributed by atoms with Gasteiger partial charge in [-0.2, -0.15) is 0 Å². The molecule has 2 aromatic rings. The molecule has 23 heavy (non-hydrogen) atoms. The molecule has 1 aromatic heterocycles. The number of aromatic nitrogens is 1. The third kappa shape index (κ3) is 2.97. The second-order valence-electron chi connectivity index (χ2n) is 5.99. The molecule has 0 aliphatic carbocycles. The fourth-order valence-electron chi connectivity index (χ4n) is 2.68. The van der Waals surface area contributed by atoms with Crippen LogP contribution in [-0.4, -0.2) is 35.0 Å². The van der Waals surface area contributed by atoms with Crippen LogP contribution in [0.2, 0.25) is 0 Å². The zero-order valence-corrected chi connectivity index (χ0v) is 13.4. The molecule has 1 aliphatic rings. The highest BCUT2D eigenvalue weighted by molar-refractivity contribution is 5.98. The molecule has 0 unspecified atom stereocenters. The van der Waals surface area contributed by atoms with Gasteiger partial charge >= 0.3 is 0 Å². The van der Waals surface area contributed by atoms with Crippen molar-refractivity contribution in [1.82, 2.24) is 10.1 Å². The fourth-order valence-corrected chi connectivity index (χ4v) is 2.68. The molecule has 0 saturated carbocycles. The van der Waals surface area contributed by atoms with E-state index in [1.807, 2.05) is 32.0 Å². The van der Waals surface area contributed by atoms with Crippen molar-refractivity contribution in [3.63, 3.8) is 0 Å². The van der Waals surface area contributed by atoms with Crippen LogP contribution in [0.4, 0.5) is 5.69 Å². The van der Waals surface area contributed by atoms with Gasteiger partial charge in [-0.25, -0.2) is 0 Å². The molecule has 1 fully saturated rings. The van der Waals surface area contributed by atoms with E-state index in [1.54, 1.807) is 17.9 Å². The van der Waals surface area contributed by atoms with Crippen molar-refractivity contribution in [3.05, 3.63) is 46.8 Å². The lowest BCUT2D eigenvalue weighted by molar-refractivity contribution is -0.123. The maximum Gasteiger partial charge on any atom is 0.276 e. The van der Waals surface area contributed by atoms with Crippen LogP contribution in [0.15, 0.2) is 28.8 Å². The average Bonchev–Trinajstić information content (AvgIpc) is 2.88. The first-order valence-corrected chi connectivity index (χ1v) is 7.55. The number of nitrogens with zero attached hydrogens (tertiary/aromatic N) is 2. The van der Waals surface area contributed by atoms with Crippen molar-refractivity contribution in [1.29, 1.82) is 0 Å². The Bertz CT molecular complexity index is 740. The second-order valence-corrected chi connectivity index (χ2v) is 5.99. The van der Waals surface area contributed by atoms with Gasteiger partial charge in [-0.05, 0) is 31.9 Å². The normalized spacial score (nSPS) is 14.5. The molecule has 2 heterocycles. The highest BCUT2D eigenvalue weighted by atomic mass is 16.5. The molecule has 1 aliphatic heterocycles. The van der Waals surface area contributed by atoms with Gasteiger partial charge in [0.15, 0.2) is 5.69 Å². The number of amides is 2. The summed E-state index contributed by atoms with van der Waals surface area (Å²) in [4.78, 5) is 26.1. The van der Waals surface area contributed by atoms with Crippen LogP contribution >= 0.6 is 0 Å². The minimum absolute atomic E-state index is 0.0530. The zero-order chi connectivity index (χ0) is 16.6. The third-order valence-electron chi connectivity index (χ3n) is 4.12. The van der Waals surface area contributed by atoms with E-state index < -0.39 is 0 Å². The Morgan fingerprint density at radius 2 is 1.87 bits per heavy atom. The maximum atomic E-state index is 12.3. The van der Waals surface area contributed by atoms with E-state index in [0.29, 0.717) is 18.8 Å². The van der Waals surface area contributed by atoms with Crippen molar-refractivity contribution in [2.24, 2.45) is 5.92 Å². The first kappa shape index (κ1) is 15.3. The van der Waals surface area contributed by atoms with Crippen LogP contribution in [0.5, 0.6) is 0 Å². The molecule has 1 N–H and O–H groups in total. The lowest BCUT2D eigenvalue weighted by Crippen LogP contribution is -2.54. The van der Waals surface area contributed by atoms with Gasteiger partial charge in [0.2, 0.25) is 5.91 Å². The Hall–Kier alpha value is -2.63. The van der Waals surface area contributed by atoms with Crippen LogP contribution in [0, 0.1) is 26.7 Å². The van der Waals surface area contributed by atoms with Crippen molar-refractivity contribution in [2.75, 3.05) is 18.4 Å². The number of hydrogen-bond acceptors (Lipinski definition) is 4. The van der Waals surface area contributed by atoms with Gasteiger partial charge < -0.3 is 14.7 Å². The predicted molar refractivity (Wildman–Crippen MR) is 85.2 cm³/mol. The summed E-state index contributed by atoms with van der Waals surface area (Å²) in [7, 11) is 0. The fraction of sp³-hybridized carbons (Fsp3) is 0.353. The lowest BCUT2D eigenvalue weighted by atomic mass is 9.98. The van der Waals surface area contributed by atoms with E-state index in [-0.39, 0.29) is 23.4 Å². The number of carbonyl (C=O) groups is 2. The molecule has 0 atom stereocenters. The number of aryl methyl sites for hydroxylation is 3. The van der Waals surface area contributed by atoms with E-state index in [1.165, 1.54) is 0 Å². The van der Waals surface area contributed by atoms with Crippen LogP contribution in [0.25, 0.3) is 0 Å². The average molecular weight is 313 g/mol. The predicted octanol–water partition coefficient (Wildman–Crippen LogP) is 2.31. The largest absolute Gasteiger partial charge is 0.361 e. The van der Waals surface area contributed by atoms with Crippen molar-refractivity contribution < 1.29 is 14.1 Å². The molecule has 0 bridgehead atoms. The van der Waals surface area contributed by atoms with E-state index in [2.05, 4.69) is 10.5 Å². The monoisotopic (exact) mass is 313 g/mol. The van der Waals surface area contributed by atoms with E-state index in [4.69, 9.17) is 4.52 Å². The summed E-state index contributed by atoms with van der Waals surface area (Å²) in [6, 6.07) is 7.49. The number of nitrogens with one attached hydrogen (secondary N) is 1. The first-order chi connectivity index (χ1) is 11.0. The molecule has 2 amide bonds. The summed E-state index contributed by atoms with van der Waals surface area (Å²) in [5.74, 6) is 0.157. The second kappa shape index (κ2) is 5.87. The molecule has 3 rings (SSSR count). The summed E-state index contributed by atoms with van der Waals surface area (Å²) < 4.78 is 4.91. The molecule has 1 saturated heterocycles. The van der Waals surface area contributed by atoms with Crippen LogP contribution < -0.4 is 5.32 Å². The van der Waals surface area contributed by atoms with Crippen molar-refractivity contribution >= 4 is 17.5 Å². The minimum Gasteiger partial charge on any atom is -0.361 e. The Kier molecular flexibility index (Phi) is 3.90. The summed E-state index contributed by atoms with van der Waals surface area (Å²) in [5, 5.41) is 6.69. The smallest absolute Gasteiger partial charge is 0.276 e. The lowest BCUT2D eigenvalue weighted by Gasteiger charge is -2.37. The van der Waals surface area contributed by atoms with Crippen LogP contribution in [0.3, 0.4) is 0 Å². The molecule has 6 nitrogen and oxygen atoms in total. The SMILES string of the molecule is Cc1cc(C(=O)N2CC(C(=O)Nc3c(C)cccc3C)C2)no1. The van der Waals surface area contributed by atoms with Gasteiger partial charge in [0.05, 0.1) is 5.92 Å². The van der Waals surface area contributed by atoms with E-state index in [0.717, 1.165) is 16.8 Å². The van der Waals surface area contributed by atoms with Crippen molar-refractivity contribution in [2.45, 2.75) is 20.8 Å². The molecular formula is C17H19N3O3. The minimum atomic E-state index is -0.196. The quantitative estimate of drug-likeness (QED) is 0.943. The summed E-state index contributed by atoms with van der Waals surface area (Å²) >= 11 is 0. The number of anilines is 1. The standard InChI is InChI=1S/C17H19N3O3/c1-10-5-4-6-11(2)15(10)18-16(21)13-8-20(9-13)17(22)14-7-12(3)23-19-14/h4-7,13H,8-9H2,1-3H3,(H,18,21). The molecule has 1 aromatic carbocycles. The Labute approximate surface area is 134 Å². The van der Waals surface area contributed by atoms with Crippen molar-refractivity contribution in [3.8, 4) is 0 Å². The number of benzene rings is 1. The molecule has 0 radical (unpaired) electrons. The molecule has 6 heteroatoms. The topological polar surface area (TPSA) is 75.4 Å². The summed E-state index contributed by atoms with van der Waals surface area (Å²) in [6.45, 7) is 6.47.